The molecule has 1 amide bonds. The molecule has 178 valence electrons. The SMILES string of the molecule is CCn1nc(-c2ccccc2)c(-c2ccccc2)c(C(=O)N2CCN(c3nnc(C)s3)CC2)c1=O. The van der Waals surface area contributed by atoms with Crippen LogP contribution >= 0.6 is 11.3 Å². The van der Waals surface area contributed by atoms with Gasteiger partial charge in [-0.2, -0.15) is 5.10 Å². The van der Waals surface area contributed by atoms with Crippen molar-refractivity contribution < 1.29 is 4.79 Å². The predicted molar refractivity (Wildman–Crippen MR) is 138 cm³/mol. The summed E-state index contributed by atoms with van der Waals surface area (Å²) in [5.74, 6) is -0.260. The summed E-state index contributed by atoms with van der Waals surface area (Å²) in [6.45, 7) is 6.44. The van der Waals surface area contributed by atoms with Crippen molar-refractivity contribution in [2.24, 2.45) is 0 Å². The van der Waals surface area contributed by atoms with E-state index in [9.17, 15) is 9.59 Å². The van der Waals surface area contributed by atoms with E-state index < -0.39 is 0 Å². The molecule has 1 aliphatic rings. The zero-order valence-electron chi connectivity index (χ0n) is 19.7. The van der Waals surface area contributed by atoms with Crippen LogP contribution in [-0.4, -0.2) is 57.0 Å². The number of carbonyl (C=O) groups is 1. The van der Waals surface area contributed by atoms with Crippen LogP contribution in [-0.2, 0) is 6.54 Å². The summed E-state index contributed by atoms with van der Waals surface area (Å²) in [6, 6.07) is 19.3. The largest absolute Gasteiger partial charge is 0.343 e. The van der Waals surface area contributed by atoms with Crippen molar-refractivity contribution in [1.29, 1.82) is 0 Å². The van der Waals surface area contributed by atoms with E-state index in [4.69, 9.17) is 5.10 Å². The minimum Gasteiger partial charge on any atom is -0.343 e. The molecule has 2 aromatic heterocycles. The molecule has 8 nitrogen and oxygen atoms in total. The Hall–Kier alpha value is -3.85. The van der Waals surface area contributed by atoms with Gasteiger partial charge in [-0.15, -0.1) is 10.2 Å². The van der Waals surface area contributed by atoms with Crippen LogP contribution in [0.2, 0.25) is 0 Å². The van der Waals surface area contributed by atoms with Gasteiger partial charge in [0, 0.05) is 43.9 Å². The summed E-state index contributed by atoms with van der Waals surface area (Å²) in [5, 5.41) is 14.8. The van der Waals surface area contributed by atoms with Crippen molar-refractivity contribution in [1.82, 2.24) is 24.9 Å². The fraction of sp³-hybridized carbons (Fsp3) is 0.269. The number of amides is 1. The normalized spacial score (nSPS) is 13.8. The maximum absolute atomic E-state index is 14.0. The molecule has 5 rings (SSSR count). The minimum absolute atomic E-state index is 0.173. The van der Waals surface area contributed by atoms with Crippen molar-refractivity contribution in [3.05, 3.63) is 81.6 Å². The molecule has 0 unspecified atom stereocenters. The zero-order chi connectivity index (χ0) is 24.4. The number of nitrogens with zero attached hydrogens (tertiary/aromatic N) is 6. The smallest absolute Gasteiger partial charge is 0.280 e. The van der Waals surface area contributed by atoms with E-state index in [1.807, 2.05) is 74.5 Å². The maximum atomic E-state index is 14.0. The Labute approximate surface area is 207 Å². The summed E-state index contributed by atoms with van der Waals surface area (Å²) in [5.41, 5.74) is 2.68. The molecule has 0 N–H and O–H groups in total. The van der Waals surface area contributed by atoms with Gasteiger partial charge in [0.1, 0.15) is 10.6 Å². The monoisotopic (exact) mass is 486 g/mol. The van der Waals surface area contributed by atoms with Crippen molar-refractivity contribution in [3.8, 4) is 22.4 Å². The van der Waals surface area contributed by atoms with E-state index >= 15 is 0 Å². The lowest BCUT2D eigenvalue weighted by Crippen LogP contribution is -2.50. The Kier molecular flexibility index (Phi) is 6.41. The number of anilines is 1. The Morgan fingerprint density at radius 1 is 0.914 bits per heavy atom. The number of hydrogen-bond donors (Lipinski definition) is 0. The molecule has 0 spiro atoms. The van der Waals surface area contributed by atoms with E-state index in [1.54, 1.807) is 16.2 Å². The zero-order valence-corrected chi connectivity index (χ0v) is 20.5. The number of benzene rings is 2. The number of aromatic nitrogens is 4. The van der Waals surface area contributed by atoms with Crippen LogP contribution in [0, 0.1) is 6.92 Å². The molecule has 0 atom stereocenters. The third kappa shape index (κ3) is 4.46. The average molecular weight is 487 g/mol. The summed E-state index contributed by atoms with van der Waals surface area (Å²) < 4.78 is 1.39. The van der Waals surface area contributed by atoms with Crippen molar-refractivity contribution in [2.75, 3.05) is 31.1 Å². The molecule has 1 aliphatic heterocycles. The molecule has 4 aromatic rings. The predicted octanol–water partition coefficient (Wildman–Crippen LogP) is 3.72. The highest BCUT2D eigenvalue weighted by Gasteiger charge is 2.30. The second kappa shape index (κ2) is 9.79. The molecular formula is C26H26N6O2S. The van der Waals surface area contributed by atoms with Gasteiger partial charge in [0.05, 0.1) is 5.69 Å². The highest BCUT2D eigenvalue weighted by atomic mass is 32.1. The molecule has 1 fully saturated rings. The van der Waals surface area contributed by atoms with Crippen LogP contribution in [0.1, 0.15) is 22.3 Å². The highest BCUT2D eigenvalue weighted by Crippen LogP contribution is 2.33. The minimum atomic E-state index is -0.363. The molecule has 0 bridgehead atoms. The third-order valence-electron chi connectivity index (χ3n) is 6.13. The van der Waals surface area contributed by atoms with Gasteiger partial charge in [0.15, 0.2) is 0 Å². The molecule has 35 heavy (non-hydrogen) atoms. The van der Waals surface area contributed by atoms with Crippen LogP contribution in [0.5, 0.6) is 0 Å². The number of carbonyl (C=O) groups excluding carboxylic acids is 1. The van der Waals surface area contributed by atoms with Gasteiger partial charge in [-0.05, 0) is 19.4 Å². The van der Waals surface area contributed by atoms with Gasteiger partial charge in [-0.1, -0.05) is 72.0 Å². The quantitative estimate of drug-likeness (QED) is 0.428. The molecular weight excluding hydrogens is 460 g/mol. The lowest BCUT2D eigenvalue weighted by Gasteiger charge is -2.34. The average Bonchev–Trinajstić information content (AvgIpc) is 3.35. The first-order valence-electron chi connectivity index (χ1n) is 11.7. The summed E-state index contributed by atoms with van der Waals surface area (Å²) >= 11 is 1.55. The second-order valence-corrected chi connectivity index (χ2v) is 9.49. The first kappa shape index (κ1) is 22.9. The van der Waals surface area contributed by atoms with Gasteiger partial charge in [0.25, 0.3) is 11.5 Å². The first-order chi connectivity index (χ1) is 17.1. The standard InChI is InChI=1S/C26H26N6O2S/c1-3-32-25(34)22(24(33)30-14-16-31(17-15-30)26-28-27-18(2)35-26)21(19-10-6-4-7-11-19)23(29-32)20-12-8-5-9-13-20/h4-13H,3,14-17H2,1-2H3. The molecule has 9 heteroatoms. The van der Waals surface area contributed by atoms with Crippen molar-refractivity contribution in [3.63, 3.8) is 0 Å². The molecule has 2 aromatic carbocycles. The Balaban J connectivity index is 1.59. The Morgan fingerprint density at radius 2 is 1.54 bits per heavy atom. The van der Waals surface area contributed by atoms with Gasteiger partial charge < -0.3 is 9.80 Å². The van der Waals surface area contributed by atoms with Crippen LogP contribution in [0.15, 0.2) is 65.5 Å². The summed E-state index contributed by atoms with van der Waals surface area (Å²) in [6.07, 6.45) is 0. The number of rotatable bonds is 5. The van der Waals surface area contributed by atoms with E-state index in [0.29, 0.717) is 44.0 Å². The van der Waals surface area contributed by atoms with E-state index in [0.717, 1.165) is 21.3 Å². The molecule has 0 aliphatic carbocycles. The van der Waals surface area contributed by atoms with Gasteiger partial charge in [-0.3, -0.25) is 9.59 Å². The number of piperazine rings is 1. The topological polar surface area (TPSA) is 84.2 Å². The van der Waals surface area contributed by atoms with E-state index in [-0.39, 0.29) is 17.0 Å². The summed E-state index contributed by atoms with van der Waals surface area (Å²) in [4.78, 5) is 31.4. The molecule has 0 saturated carbocycles. The Bertz CT molecular complexity index is 1390. The van der Waals surface area contributed by atoms with Crippen LogP contribution in [0.4, 0.5) is 5.13 Å². The lowest BCUT2D eigenvalue weighted by atomic mass is 9.94. The lowest BCUT2D eigenvalue weighted by molar-refractivity contribution is 0.0744. The fourth-order valence-corrected chi connectivity index (χ4v) is 5.08. The molecule has 0 radical (unpaired) electrons. The first-order valence-corrected chi connectivity index (χ1v) is 12.5. The van der Waals surface area contributed by atoms with E-state index in [1.165, 1.54) is 4.68 Å². The fourth-order valence-electron chi connectivity index (χ4n) is 4.34. The molecule has 1 saturated heterocycles. The highest BCUT2D eigenvalue weighted by molar-refractivity contribution is 7.15. The van der Waals surface area contributed by atoms with Gasteiger partial charge >= 0.3 is 0 Å². The van der Waals surface area contributed by atoms with Crippen LogP contribution in [0.25, 0.3) is 22.4 Å². The Morgan fingerprint density at radius 3 is 2.11 bits per heavy atom. The van der Waals surface area contributed by atoms with Crippen LogP contribution in [0.3, 0.4) is 0 Å². The second-order valence-electron chi connectivity index (χ2n) is 8.33. The van der Waals surface area contributed by atoms with E-state index in [2.05, 4.69) is 15.1 Å². The molecule has 3 heterocycles. The van der Waals surface area contributed by atoms with Crippen LogP contribution < -0.4 is 10.5 Å². The van der Waals surface area contributed by atoms with Crippen molar-refractivity contribution >= 4 is 22.4 Å². The number of hydrogen-bond acceptors (Lipinski definition) is 7. The van der Waals surface area contributed by atoms with Gasteiger partial charge in [0.2, 0.25) is 5.13 Å². The summed E-state index contributed by atoms with van der Waals surface area (Å²) in [7, 11) is 0. The van der Waals surface area contributed by atoms with Crippen molar-refractivity contribution in [2.45, 2.75) is 20.4 Å². The third-order valence-corrected chi connectivity index (χ3v) is 7.03. The maximum Gasteiger partial charge on any atom is 0.280 e. The van der Waals surface area contributed by atoms with Gasteiger partial charge in [-0.25, -0.2) is 4.68 Å². The number of aryl methyl sites for hydroxylation is 2.